The lowest BCUT2D eigenvalue weighted by atomic mass is 9.79. The van der Waals surface area contributed by atoms with Gasteiger partial charge in [0.15, 0.2) is 5.96 Å². The fourth-order valence-electron chi connectivity index (χ4n) is 5.92. The Morgan fingerprint density at radius 2 is 1.88 bits per heavy atom. The van der Waals surface area contributed by atoms with Crippen molar-refractivity contribution in [2.24, 2.45) is 28.3 Å². The average Bonchev–Trinajstić information content (AvgIpc) is 3.34. The van der Waals surface area contributed by atoms with Crippen LogP contribution in [0.1, 0.15) is 40.0 Å². The minimum Gasteiger partial charge on any atom is -0.477 e. The molecule has 250 valence electrons. The number of aliphatic hydroxyl groups excluding tert-OH is 2. The molecule has 3 saturated heterocycles. The van der Waals surface area contributed by atoms with Crippen LogP contribution in [-0.4, -0.2) is 140 Å². The maximum atomic E-state index is 13.0. The van der Waals surface area contributed by atoms with Gasteiger partial charge in [-0.1, -0.05) is 6.92 Å². The number of aliphatic hydroxyl groups is 2. The van der Waals surface area contributed by atoms with Crippen LogP contribution in [0.15, 0.2) is 15.6 Å². The summed E-state index contributed by atoms with van der Waals surface area (Å²) >= 11 is 1.50. The molecule has 0 unspecified atom stereocenters. The lowest BCUT2D eigenvalue weighted by Crippen LogP contribution is -2.63. The van der Waals surface area contributed by atoms with E-state index in [0.29, 0.717) is 30.8 Å². The molecule has 4 heterocycles. The van der Waals surface area contributed by atoms with E-state index >= 15 is 0 Å². The number of hydrogen-bond donors (Lipinski definition) is 6. The van der Waals surface area contributed by atoms with Crippen molar-refractivity contribution in [1.82, 2.24) is 20.0 Å². The second-order valence-electron chi connectivity index (χ2n) is 10.5. The first-order valence-corrected chi connectivity index (χ1v) is 14.4. The van der Waals surface area contributed by atoms with Gasteiger partial charge in [-0.05, 0) is 33.7 Å². The van der Waals surface area contributed by atoms with Crippen LogP contribution in [0.5, 0.6) is 0 Å². The van der Waals surface area contributed by atoms with Crippen LogP contribution in [0, 0.1) is 11.8 Å². The molecule has 4 aliphatic rings. The number of carboxylic acids is 1. The number of carboxylic acid groups (broad SMARTS) is 1. The van der Waals surface area contributed by atoms with Gasteiger partial charge < -0.3 is 57.8 Å². The van der Waals surface area contributed by atoms with Gasteiger partial charge in [0.2, 0.25) is 11.8 Å². The third-order valence-electron chi connectivity index (χ3n) is 7.71. The van der Waals surface area contributed by atoms with E-state index in [4.69, 9.17) is 21.3 Å². The van der Waals surface area contributed by atoms with Crippen molar-refractivity contribution in [3.05, 3.63) is 10.6 Å². The van der Waals surface area contributed by atoms with E-state index in [0.717, 1.165) is 6.42 Å². The number of aliphatic carboxylic acids is 1. The smallest absolute Gasteiger partial charge is 0.353 e. The molecule has 0 bridgehead atoms. The van der Waals surface area contributed by atoms with Gasteiger partial charge in [0.1, 0.15) is 12.4 Å². The number of nitrogens with one attached hydrogen (secondary N) is 1. The van der Waals surface area contributed by atoms with Gasteiger partial charge in [0, 0.05) is 48.2 Å². The third-order valence-corrected chi connectivity index (χ3v) is 9.20. The first-order chi connectivity index (χ1) is 18.9. The summed E-state index contributed by atoms with van der Waals surface area (Å²) in [7, 11) is 1.98. The molecule has 17 nitrogen and oxygen atoms in total. The molecule has 14 N–H and O–H groups in total. The summed E-state index contributed by atoms with van der Waals surface area (Å²) in [4.78, 5) is 47.5. The summed E-state index contributed by atoms with van der Waals surface area (Å²) in [6.07, 6.45) is 0.946. The molecule has 0 radical (unpaired) electrons. The number of fused-ring (bicyclic) bond motifs is 1. The first kappa shape index (κ1) is 40.5. The van der Waals surface area contributed by atoms with Gasteiger partial charge in [0.25, 0.3) is 0 Å². The topological polar surface area (TPSA) is 302 Å². The van der Waals surface area contributed by atoms with Crippen LogP contribution in [0.4, 0.5) is 0 Å². The first-order valence-electron chi connectivity index (χ1n) is 13.5. The van der Waals surface area contributed by atoms with Crippen molar-refractivity contribution >= 4 is 35.5 Å². The van der Waals surface area contributed by atoms with Crippen molar-refractivity contribution in [2.45, 2.75) is 69.6 Å². The number of likely N-dealkylation sites (tertiary alicyclic amines) is 2. The summed E-state index contributed by atoms with van der Waals surface area (Å²) in [5.41, 5.74) is 10.6. The van der Waals surface area contributed by atoms with Crippen molar-refractivity contribution in [3.63, 3.8) is 0 Å². The molecule has 18 heteroatoms. The summed E-state index contributed by atoms with van der Waals surface area (Å²) in [5, 5.41) is 30.8. The highest BCUT2D eigenvalue weighted by Crippen LogP contribution is 2.52. The molecular weight excluding hydrogens is 590 g/mol. The van der Waals surface area contributed by atoms with Gasteiger partial charge in [-0.2, -0.15) is 0 Å². The molecular formula is C25H49N7O10S. The summed E-state index contributed by atoms with van der Waals surface area (Å²) in [6.45, 7) is 7.03. The number of carbonyl (C=O) groups excluding carboxylic acids is 2. The third kappa shape index (κ3) is 8.99. The summed E-state index contributed by atoms with van der Waals surface area (Å²) in [5.74, 6) is -2.18. The number of thioether (sulfide) groups is 1. The molecule has 4 rings (SSSR count). The van der Waals surface area contributed by atoms with E-state index < -0.39 is 18.0 Å². The quantitative estimate of drug-likeness (QED) is 0.0441. The number of amides is 2. The number of nitrogens with zero attached hydrogens (tertiary/aromatic N) is 4. The molecule has 0 aromatic heterocycles. The van der Waals surface area contributed by atoms with Crippen molar-refractivity contribution in [1.29, 1.82) is 0 Å². The van der Waals surface area contributed by atoms with Crippen LogP contribution in [-0.2, 0) is 19.1 Å². The van der Waals surface area contributed by atoms with Crippen molar-refractivity contribution in [3.8, 4) is 0 Å². The van der Waals surface area contributed by atoms with Crippen molar-refractivity contribution < 1.29 is 50.9 Å². The molecule has 0 aromatic carbocycles. The number of rotatable bonds is 10. The number of β-lactam (4-membered cyclic amide) rings is 1. The SMILES string of the molecule is CCO.C[C@@H](O)[C@H]1C(=O)N2C(C(=O)O)=C(S[C@H]3C[C@@H](N4CC[C@H](NCOCN=C(N)N)CC4=O)N(C)C3)[C@H](C)[C@H]12.O.O.O. The monoisotopic (exact) mass is 639 g/mol. The Hall–Kier alpha value is -2.55. The summed E-state index contributed by atoms with van der Waals surface area (Å²) in [6, 6.07) is -0.320. The van der Waals surface area contributed by atoms with E-state index in [1.165, 1.54) is 16.7 Å². The molecule has 2 amide bonds. The van der Waals surface area contributed by atoms with Crippen LogP contribution in [0.25, 0.3) is 0 Å². The van der Waals surface area contributed by atoms with E-state index in [-0.39, 0.29) is 89.4 Å². The lowest BCUT2D eigenvalue weighted by Gasteiger charge is -2.46. The molecule has 3 fully saturated rings. The Labute approximate surface area is 255 Å². The number of carbonyl (C=O) groups is 3. The van der Waals surface area contributed by atoms with Gasteiger partial charge in [0.05, 0.1) is 31.0 Å². The van der Waals surface area contributed by atoms with E-state index in [9.17, 15) is 24.6 Å². The predicted molar refractivity (Wildman–Crippen MR) is 160 cm³/mol. The van der Waals surface area contributed by atoms with Gasteiger partial charge in [-0.3, -0.25) is 19.8 Å². The highest BCUT2D eigenvalue weighted by molar-refractivity contribution is 8.03. The Bertz CT molecular complexity index is 1010. The highest BCUT2D eigenvalue weighted by atomic mass is 32.2. The molecule has 0 aliphatic carbocycles. The number of hydrogen-bond acceptors (Lipinski definition) is 10. The fourth-order valence-corrected chi connectivity index (χ4v) is 7.51. The van der Waals surface area contributed by atoms with Crippen LogP contribution >= 0.6 is 11.8 Å². The standard InChI is InChI=1S/C23H37N7O6S.C2H6O.3H2O/c1-11-18-17(12(2)31)21(33)30(18)19(22(34)35)20(11)37-14-7-15(28(3)8-14)29-5-4-13(6-16(29)32)26-9-36-10-27-23(24)25;1-2-3;;;/h11-15,17-18,26,31H,4-10H2,1-3H3,(H,34,35)(H4,24,25,27);3H,2H2,1H3;3*1H2/t11-,12-,13+,14+,15-,17-,18-;;;;/m1..../s1. The van der Waals surface area contributed by atoms with Gasteiger partial charge in [-0.15, -0.1) is 11.8 Å². The van der Waals surface area contributed by atoms with Gasteiger partial charge >= 0.3 is 5.97 Å². The number of guanidine groups is 1. The number of nitrogens with two attached hydrogens (primary N) is 2. The Morgan fingerprint density at radius 1 is 1.26 bits per heavy atom. The number of aliphatic imine (C=N–C) groups is 1. The van der Waals surface area contributed by atoms with Crippen LogP contribution < -0.4 is 16.8 Å². The maximum absolute atomic E-state index is 13.0. The molecule has 4 aliphatic heterocycles. The van der Waals surface area contributed by atoms with Crippen LogP contribution in [0.3, 0.4) is 0 Å². The zero-order valence-corrected chi connectivity index (χ0v) is 25.8. The fraction of sp³-hybridized carbons (Fsp3) is 0.760. The van der Waals surface area contributed by atoms with E-state index in [2.05, 4.69) is 15.2 Å². The Balaban J connectivity index is 0.00000282. The lowest BCUT2D eigenvalue weighted by molar-refractivity contribution is -0.163. The highest BCUT2D eigenvalue weighted by Gasteiger charge is 2.60. The minimum atomic E-state index is -1.12. The summed E-state index contributed by atoms with van der Waals surface area (Å²) < 4.78 is 5.30. The number of piperidine rings is 1. The normalized spacial score (nSPS) is 28.8. The molecule has 0 spiro atoms. The van der Waals surface area contributed by atoms with E-state index in [1.54, 1.807) is 13.8 Å². The average molecular weight is 640 g/mol. The zero-order chi connectivity index (χ0) is 29.7. The molecule has 43 heavy (non-hydrogen) atoms. The van der Waals surface area contributed by atoms with Gasteiger partial charge in [-0.25, -0.2) is 9.79 Å². The Morgan fingerprint density at radius 3 is 2.42 bits per heavy atom. The predicted octanol–water partition coefficient (Wildman–Crippen LogP) is -3.79. The maximum Gasteiger partial charge on any atom is 0.353 e. The van der Waals surface area contributed by atoms with Crippen molar-refractivity contribution in [2.75, 3.05) is 40.2 Å². The molecule has 0 aromatic rings. The largest absolute Gasteiger partial charge is 0.477 e. The minimum absolute atomic E-state index is 0. The zero-order valence-electron chi connectivity index (χ0n) is 25.0. The molecule has 0 saturated carbocycles. The van der Waals surface area contributed by atoms with Crippen LogP contribution in [0.2, 0.25) is 0 Å². The second-order valence-corrected chi connectivity index (χ2v) is 11.9. The number of ether oxygens (including phenoxy) is 1. The second kappa shape index (κ2) is 17.7. The Kier molecular flexibility index (Phi) is 16.6. The molecule has 7 atom stereocenters. The van der Waals surface area contributed by atoms with E-state index in [1.807, 2.05) is 18.9 Å².